The lowest BCUT2D eigenvalue weighted by Gasteiger charge is -2.29. The summed E-state index contributed by atoms with van der Waals surface area (Å²) in [4.78, 5) is 13.4. The quantitative estimate of drug-likeness (QED) is 0.823. The Hall–Kier alpha value is -1.40. The van der Waals surface area contributed by atoms with Crippen molar-refractivity contribution >= 4 is 11.6 Å². The maximum absolute atomic E-state index is 9.64. The largest absolute Gasteiger partial charge is 0.391 e. The van der Waals surface area contributed by atoms with Crippen molar-refractivity contribution in [2.75, 3.05) is 49.2 Å². The normalized spacial score (nSPS) is 24.0. The molecule has 2 aliphatic heterocycles. The zero-order valence-electron chi connectivity index (χ0n) is 11.2. The van der Waals surface area contributed by atoms with E-state index in [4.69, 9.17) is 4.74 Å². The molecule has 1 N–H and O–H groups in total. The van der Waals surface area contributed by atoms with Crippen LogP contribution in [0.15, 0.2) is 6.07 Å². The van der Waals surface area contributed by atoms with Crippen LogP contribution in [0, 0.1) is 6.92 Å². The number of anilines is 2. The smallest absolute Gasteiger partial charge is 0.134 e. The minimum Gasteiger partial charge on any atom is -0.391 e. The first kappa shape index (κ1) is 12.6. The summed E-state index contributed by atoms with van der Waals surface area (Å²) in [7, 11) is 0. The SMILES string of the molecule is Cc1nc(N2CCOCC2)cc(N2CCC(O)C2)n1. The van der Waals surface area contributed by atoms with Crippen molar-refractivity contribution in [2.24, 2.45) is 0 Å². The number of hydrogen-bond acceptors (Lipinski definition) is 6. The Morgan fingerprint density at radius 1 is 1.16 bits per heavy atom. The van der Waals surface area contributed by atoms with E-state index in [1.165, 1.54) is 0 Å². The molecule has 0 saturated carbocycles. The van der Waals surface area contributed by atoms with Crippen LogP contribution in [0.4, 0.5) is 11.6 Å². The Balaban J connectivity index is 1.83. The van der Waals surface area contributed by atoms with Crippen LogP contribution in [-0.4, -0.2) is 60.6 Å². The molecule has 0 aromatic carbocycles. The number of nitrogens with zero attached hydrogens (tertiary/aromatic N) is 4. The van der Waals surface area contributed by atoms with E-state index in [1.54, 1.807) is 0 Å². The van der Waals surface area contributed by atoms with Gasteiger partial charge in [-0.2, -0.15) is 0 Å². The predicted molar refractivity (Wildman–Crippen MR) is 72.6 cm³/mol. The lowest BCUT2D eigenvalue weighted by molar-refractivity contribution is 0.122. The number of hydrogen-bond donors (Lipinski definition) is 1. The molecule has 3 heterocycles. The van der Waals surface area contributed by atoms with Gasteiger partial charge in [0, 0.05) is 32.2 Å². The predicted octanol–water partition coefficient (Wildman–Crippen LogP) is 0.193. The monoisotopic (exact) mass is 264 g/mol. The molecule has 0 aliphatic carbocycles. The second kappa shape index (κ2) is 5.30. The first-order chi connectivity index (χ1) is 9.22. The molecule has 1 aromatic heterocycles. The number of aliphatic hydroxyl groups is 1. The molecule has 0 radical (unpaired) electrons. The molecule has 0 bridgehead atoms. The standard InChI is InChI=1S/C13H20N4O2/c1-10-14-12(16-4-6-19-7-5-16)8-13(15-10)17-3-2-11(18)9-17/h8,11,18H,2-7,9H2,1H3. The molecule has 6 heteroatoms. The molecule has 2 saturated heterocycles. The first-order valence-electron chi connectivity index (χ1n) is 6.84. The van der Waals surface area contributed by atoms with Crippen LogP contribution >= 0.6 is 0 Å². The van der Waals surface area contributed by atoms with E-state index in [1.807, 2.05) is 13.0 Å². The van der Waals surface area contributed by atoms with Crippen LogP contribution in [0.25, 0.3) is 0 Å². The highest BCUT2D eigenvalue weighted by Gasteiger charge is 2.23. The molecule has 2 fully saturated rings. The van der Waals surface area contributed by atoms with E-state index >= 15 is 0 Å². The summed E-state index contributed by atoms with van der Waals surface area (Å²) in [6, 6.07) is 2.02. The lowest BCUT2D eigenvalue weighted by Crippen LogP contribution is -2.37. The fraction of sp³-hybridized carbons (Fsp3) is 0.692. The van der Waals surface area contributed by atoms with Crippen LogP contribution in [0.3, 0.4) is 0 Å². The van der Waals surface area contributed by atoms with Crippen LogP contribution < -0.4 is 9.80 Å². The number of morpholine rings is 1. The van der Waals surface area contributed by atoms with Crippen molar-refractivity contribution in [3.05, 3.63) is 11.9 Å². The molecular weight excluding hydrogens is 244 g/mol. The molecular formula is C13H20N4O2. The second-order valence-electron chi connectivity index (χ2n) is 5.12. The zero-order valence-corrected chi connectivity index (χ0v) is 11.2. The fourth-order valence-electron chi connectivity index (χ4n) is 2.60. The fourth-order valence-corrected chi connectivity index (χ4v) is 2.60. The summed E-state index contributed by atoms with van der Waals surface area (Å²) in [5, 5.41) is 9.64. The van der Waals surface area contributed by atoms with Gasteiger partial charge in [-0.15, -0.1) is 0 Å². The van der Waals surface area contributed by atoms with Gasteiger partial charge in [-0.1, -0.05) is 0 Å². The van der Waals surface area contributed by atoms with Gasteiger partial charge in [0.05, 0.1) is 19.3 Å². The molecule has 1 atom stereocenters. The van der Waals surface area contributed by atoms with Crippen molar-refractivity contribution in [1.29, 1.82) is 0 Å². The van der Waals surface area contributed by atoms with E-state index in [2.05, 4.69) is 19.8 Å². The summed E-state index contributed by atoms with van der Waals surface area (Å²) in [6.45, 7) is 6.69. The summed E-state index contributed by atoms with van der Waals surface area (Å²) in [5.41, 5.74) is 0. The molecule has 1 unspecified atom stereocenters. The van der Waals surface area contributed by atoms with Gasteiger partial charge in [0.2, 0.25) is 0 Å². The first-order valence-corrected chi connectivity index (χ1v) is 6.84. The summed E-state index contributed by atoms with van der Waals surface area (Å²) >= 11 is 0. The van der Waals surface area contributed by atoms with Crippen LogP contribution in [0.2, 0.25) is 0 Å². The summed E-state index contributed by atoms with van der Waals surface area (Å²) in [5.74, 6) is 2.66. The van der Waals surface area contributed by atoms with Crippen LogP contribution in [0.5, 0.6) is 0 Å². The highest BCUT2D eigenvalue weighted by Crippen LogP contribution is 2.23. The van der Waals surface area contributed by atoms with Crippen LogP contribution in [0.1, 0.15) is 12.2 Å². The molecule has 6 nitrogen and oxygen atoms in total. The molecule has 0 amide bonds. The Labute approximate surface area is 113 Å². The van der Waals surface area contributed by atoms with Crippen molar-refractivity contribution in [3.63, 3.8) is 0 Å². The number of aromatic nitrogens is 2. The van der Waals surface area contributed by atoms with Crippen LogP contribution in [-0.2, 0) is 4.74 Å². The third-order valence-electron chi connectivity index (χ3n) is 3.63. The zero-order chi connectivity index (χ0) is 13.2. The average molecular weight is 264 g/mol. The third-order valence-corrected chi connectivity index (χ3v) is 3.63. The minimum atomic E-state index is -0.234. The Kier molecular flexibility index (Phi) is 3.52. The molecule has 104 valence electrons. The number of rotatable bonds is 2. The van der Waals surface area contributed by atoms with E-state index in [0.29, 0.717) is 6.54 Å². The van der Waals surface area contributed by atoms with Gasteiger partial charge in [-0.3, -0.25) is 0 Å². The number of ether oxygens (including phenoxy) is 1. The van der Waals surface area contributed by atoms with Gasteiger partial charge in [0.25, 0.3) is 0 Å². The topological polar surface area (TPSA) is 61.7 Å². The Morgan fingerprint density at radius 2 is 1.84 bits per heavy atom. The maximum atomic E-state index is 9.64. The van der Waals surface area contributed by atoms with Gasteiger partial charge in [0.1, 0.15) is 17.5 Å². The molecule has 1 aromatic rings. The summed E-state index contributed by atoms with van der Waals surface area (Å²) < 4.78 is 5.37. The number of β-amino-alcohol motifs (C(OH)–C–C–N with tert-alkyl or cyclic N) is 1. The number of aryl methyl sites for hydroxylation is 1. The third kappa shape index (κ3) is 2.79. The maximum Gasteiger partial charge on any atom is 0.134 e. The highest BCUT2D eigenvalue weighted by molar-refractivity contribution is 5.51. The highest BCUT2D eigenvalue weighted by atomic mass is 16.5. The van der Waals surface area contributed by atoms with Gasteiger partial charge in [-0.25, -0.2) is 9.97 Å². The van der Waals surface area contributed by atoms with Crippen molar-refractivity contribution in [2.45, 2.75) is 19.4 Å². The van der Waals surface area contributed by atoms with E-state index < -0.39 is 0 Å². The van der Waals surface area contributed by atoms with Crippen molar-refractivity contribution in [1.82, 2.24) is 9.97 Å². The minimum absolute atomic E-state index is 0.234. The van der Waals surface area contributed by atoms with Crippen molar-refractivity contribution in [3.8, 4) is 0 Å². The molecule has 19 heavy (non-hydrogen) atoms. The van der Waals surface area contributed by atoms with E-state index in [-0.39, 0.29) is 6.10 Å². The van der Waals surface area contributed by atoms with Gasteiger partial charge in [0.15, 0.2) is 0 Å². The lowest BCUT2D eigenvalue weighted by atomic mass is 10.3. The van der Waals surface area contributed by atoms with Crippen molar-refractivity contribution < 1.29 is 9.84 Å². The van der Waals surface area contributed by atoms with E-state index in [9.17, 15) is 5.11 Å². The molecule has 2 aliphatic rings. The van der Waals surface area contributed by atoms with Gasteiger partial charge in [-0.05, 0) is 13.3 Å². The van der Waals surface area contributed by atoms with Gasteiger partial charge < -0.3 is 19.6 Å². The molecule has 0 spiro atoms. The van der Waals surface area contributed by atoms with Gasteiger partial charge >= 0.3 is 0 Å². The Bertz CT molecular complexity index is 425. The average Bonchev–Trinajstić information content (AvgIpc) is 2.86. The Morgan fingerprint density at radius 3 is 2.47 bits per heavy atom. The van der Waals surface area contributed by atoms with E-state index in [0.717, 1.165) is 56.7 Å². The number of aliphatic hydroxyl groups excluding tert-OH is 1. The second-order valence-corrected chi connectivity index (χ2v) is 5.12. The summed E-state index contributed by atoms with van der Waals surface area (Å²) in [6.07, 6.45) is 0.581. The molecule has 3 rings (SSSR count).